The Morgan fingerprint density at radius 1 is 1.15 bits per heavy atom. The van der Waals surface area contributed by atoms with Crippen molar-refractivity contribution in [1.29, 1.82) is 0 Å². The molecule has 0 saturated carbocycles. The van der Waals surface area contributed by atoms with Gasteiger partial charge in [-0.2, -0.15) is 0 Å². The molecule has 2 aliphatic rings. The van der Waals surface area contributed by atoms with E-state index in [0.717, 1.165) is 42.6 Å². The van der Waals surface area contributed by atoms with Crippen LogP contribution in [0.15, 0.2) is 47.7 Å². The number of likely N-dealkylation sites (N-methyl/N-ethyl adjacent to an activating group) is 1. The zero-order valence-corrected chi connectivity index (χ0v) is 17.0. The molecule has 0 amide bonds. The van der Waals surface area contributed by atoms with Crippen molar-refractivity contribution in [3.8, 4) is 11.5 Å². The average Bonchev–Trinajstić information content (AvgIpc) is 3.08. The Kier molecular flexibility index (Phi) is 7.92. The highest BCUT2D eigenvalue weighted by atomic mass is 16.5. The number of methoxy groups -OCH3 is 2. The van der Waals surface area contributed by atoms with Gasteiger partial charge < -0.3 is 14.2 Å². The van der Waals surface area contributed by atoms with Gasteiger partial charge in [-0.25, -0.2) is 4.79 Å². The minimum atomic E-state index is -0.210. The molecule has 0 radical (unpaired) electrons. The topological polar surface area (TPSA) is 48.0 Å². The Hall–Kier alpha value is -2.27. The summed E-state index contributed by atoms with van der Waals surface area (Å²) in [6.45, 7) is 4.80. The van der Waals surface area contributed by atoms with Crippen molar-refractivity contribution in [3.63, 3.8) is 0 Å². The zero-order valence-electron chi connectivity index (χ0n) is 17.0. The lowest BCUT2D eigenvalue weighted by atomic mass is 9.89. The maximum absolute atomic E-state index is 11.7. The number of hydrogen-bond acceptors (Lipinski definition) is 5. The van der Waals surface area contributed by atoms with Gasteiger partial charge in [0.1, 0.15) is 5.76 Å². The minimum Gasteiger partial charge on any atom is -0.493 e. The summed E-state index contributed by atoms with van der Waals surface area (Å²) in [6.07, 6.45) is 7.24. The van der Waals surface area contributed by atoms with Crippen molar-refractivity contribution >= 4 is 5.97 Å². The second-order valence-electron chi connectivity index (χ2n) is 6.91. The first-order chi connectivity index (χ1) is 13.0. The highest BCUT2D eigenvalue weighted by molar-refractivity contribution is 5.88. The molecular weight excluding hydrogens is 342 g/mol. The number of rotatable bonds is 4. The molecule has 1 fully saturated rings. The maximum atomic E-state index is 11.7. The summed E-state index contributed by atoms with van der Waals surface area (Å²) in [5.41, 5.74) is 0.674. The van der Waals surface area contributed by atoms with Crippen LogP contribution in [0.4, 0.5) is 0 Å². The van der Waals surface area contributed by atoms with Crippen molar-refractivity contribution in [3.05, 3.63) is 47.7 Å². The molecule has 1 heterocycles. The van der Waals surface area contributed by atoms with Crippen LogP contribution in [0.3, 0.4) is 0 Å². The Bertz CT molecular complexity index is 672. The summed E-state index contributed by atoms with van der Waals surface area (Å²) in [4.78, 5) is 14.0. The first-order valence-electron chi connectivity index (χ1n) is 9.43. The van der Waals surface area contributed by atoms with Gasteiger partial charge in [-0.1, -0.05) is 18.2 Å². The molecule has 1 aromatic carbocycles. The molecule has 1 aliphatic heterocycles. The summed E-state index contributed by atoms with van der Waals surface area (Å²) in [7, 11) is 5.39. The van der Waals surface area contributed by atoms with Gasteiger partial charge in [0, 0.05) is 18.0 Å². The Morgan fingerprint density at radius 3 is 2.33 bits per heavy atom. The quantitative estimate of drug-likeness (QED) is 0.585. The molecule has 1 aromatic rings. The van der Waals surface area contributed by atoms with E-state index in [1.54, 1.807) is 27.2 Å². The van der Waals surface area contributed by atoms with Crippen LogP contribution in [0.2, 0.25) is 0 Å². The largest absolute Gasteiger partial charge is 0.493 e. The van der Waals surface area contributed by atoms with E-state index in [1.165, 1.54) is 6.42 Å². The van der Waals surface area contributed by atoms with Crippen LogP contribution < -0.4 is 9.47 Å². The number of benzene rings is 1. The number of nitrogens with zero attached hydrogens (tertiary/aromatic N) is 1. The van der Waals surface area contributed by atoms with Gasteiger partial charge in [0.05, 0.1) is 14.2 Å². The van der Waals surface area contributed by atoms with Gasteiger partial charge in [0.15, 0.2) is 11.5 Å². The van der Waals surface area contributed by atoms with Gasteiger partial charge in [-0.3, -0.25) is 4.90 Å². The first kappa shape index (κ1) is 21.0. The summed E-state index contributed by atoms with van der Waals surface area (Å²) in [5.74, 6) is 2.93. The molecular formula is C22H31NO4. The lowest BCUT2D eigenvalue weighted by molar-refractivity contribution is -0.135. The number of allylic oxidation sites excluding steroid dienone is 2. The molecule has 5 heteroatoms. The van der Waals surface area contributed by atoms with E-state index < -0.39 is 0 Å². The van der Waals surface area contributed by atoms with Crippen LogP contribution >= 0.6 is 0 Å². The fraction of sp³-hybridized carbons (Fsp3) is 0.500. The minimum absolute atomic E-state index is 0.210. The highest BCUT2D eigenvalue weighted by Gasteiger charge is 2.33. The number of hydrogen-bond donors (Lipinski definition) is 0. The number of carbonyl (C=O) groups is 1. The fourth-order valence-electron chi connectivity index (χ4n) is 3.42. The predicted octanol–water partition coefficient (Wildman–Crippen LogP) is 4.20. The molecule has 0 aromatic heterocycles. The molecule has 1 aliphatic carbocycles. The van der Waals surface area contributed by atoms with Gasteiger partial charge in [-0.05, 0) is 64.4 Å². The monoisotopic (exact) mass is 373 g/mol. The third kappa shape index (κ3) is 5.60. The summed E-state index contributed by atoms with van der Waals surface area (Å²) < 4.78 is 15.5. The van der Waals surface area contributed by atoms with Crippen LogP contribution in [-0.4, -0.2) is 44.7 Å². The SMILES string of the molecule is C/C=C(\C)C(=O)OC1=CC2C(CC1)CCN2C.COc1ccccc1OC. The van der Waals surface area contributed by atoms with Crippen LogP contribution in [-0.2, 0) is 9.53 Å². The van der Waals surface area contributed by atoms with Crippen molar-refractivity contribution in [2.45, 2.75) is 39.2 Å². The van der Waals surface area contributed by atoms with E-state index in [4.69, 9.17) is 14.2 Å². The van der Waals surface area contributed by atoms with Crippen molar-refractivity contribution in [1.82, 2.24) is 4.90 Å². The number of ether oxygens (including phenoxy) is 3. The molecule has 27 heavy (non-hydrogen) atoms. The van der Waals surface area contributed by atoms with Crippen molar-refractivity contribution in [2.75, 3.05) is 27.8 Å². The number of esters is 1. The molecule has 3 rings (SSSR count). The van der Waals surface area contributed by atoms with E-state index in [0.29, 0.717) is 11.6 Å². The second-order valence-corrected chi connectivity index (χ2v) is 6.91. The number of fused-ring (bicyclic) bond motifs is 1. The number of likely N-dealkylation sites (tertiary alicyclic amines) is 1. The third-order valence-corrected chi connectivity index (χ3v) is 5.23. The van der Waals surface area contributed by atoms with Crippen LogP contribution in [0.5, 0.6) is 11.5 Å². The van der Waals surface area contributed by atoms with E-state index in [-0.39, 0.29) is 5.97 Å². The molecule has 148 valence electrons. The average molecular weight is 373 g/mol. The van der Waals surface area contributed by atoms with E-state index in [2.05, 4.69) is 18.0 Å². The Balaban J connectivity index is 0.000000223. The Labute approximate surface area is 162 Å². The fourth-order valence-corrected chi connectivity index (χ4v) is 3.42. The van der Waals surface area contributed by atoms with E-state index >= 15 is 0 Å². The molecule has 2 atom stereocenters. The van der Waals surface area contributed by atoms with E-state index in [1.807, 2.05) is 31.2 Å². The second kappa shape index (κ2) is 10.2. The first-order valence-corrected chi connectivity index (χ1v) is 9.43. The van der Waals surface area contributed by atoms with Crippen molar-refractivity contribution in [2.24, 2.45) is 5.92 Å². The predicted molar refractivity (Wildman–Crippen MR) is 107 cm³/mol. The van der Waals surface area contributed by atoms with Gasteiger partial charge >= 0.3 is 5.97 Å². The lowest BCUT2D eigenvalue weighted by Gasteiger charge is -2.27. The molecule has 0 bridgehead atoms. The summed E-state index contributed by atoms with van der Waals surface area (Å²) in [6, 6.07) is 8.00. The third-order valence-electron chi connectivity index (χ3n) is 5.23. The molecule has 0 spiro atoms. The highest BCUT2D eigenvalue weighted by Crippen LogP contribution is 2.34. The van der Waals surface area contributed by atoms with Gasteiger partial charge in [-0.15, -0.1) is 0 Å². The van der Waals surface area contributed by atoms with Crippen LogP contribution in [0, 0.1) is 5.92 Å². The smallest absolute Gasteiger partial charge is 0.338 e. The Morgan fingerprint density at radius 2 is 1.78 bits per heavy atom. The van der Waals surface area contributed by atoms with Crippen LogP contribution in [0.1, 0.15) is 33.1 Å². The van der Waals surface area contributed by atoms with E-state index in [9.17, 15) is 4.79 Å². The van der Waals surface area contributed by atoms with Gasteiger partial charge in [0.25, 0.3) is 0 Å². The maximum Gasteiger partial charge on any atom is 0.338 e. The summed E-state index contributed by atoms with van der Waals surface area (Å²) >= 11 is 0. The normalized spacial score (nSPS) is 22.1. The molecule has 2 unspecified atom stereocenters. The molecule has 5 nitrogen and oxygen atoms in total. The van der Waals surface area contributed by atoms with Gasteiger partial charge in [0.2, 0.25) is 0 Å². The molecule has 1 saturated heterocycles. The number of carbonyl (C=O) groups excluding carboxylic acids is 1. The summed E-state index contributed by atoms with van der Waals surface area (Å²) in [5, 5.41) is 0. The van der Waals surface area contributed by atoms with Crippen molar-refractivity contribution < 1.29 is 19.0 Å². The lowest BCUT2D eigenvalue weighted by Crippen LogP contribution is -2.30. The molecule has 0 N–H and O–H groups in total. The standard InChI is InChI=1S/C14H21NO2.C8H10O2/c1-4-10(2)14(16)17-12-6-5-11-7-8-15(3)13(11)9-12;1-9-7-5-3-4-6-8(7)10-2/h4,9,11,13H,5-8H2,1-3H3;3-6H,1-2H3/b10-4+;. The number of para-hydroxylation sites is 2. The zero-order chi connectivity index (χ0) is 19.8. The van der Waals surface area contributed by atoms with Crippen LogP contribution in [0.25, 0.3) is 0 Å².